The van der Waals surface area contributed by atoms with Crippen LogP contribution in [0.4, 0.5) is 11.4 Å². The maximum absolute atomic E-state index is 11.0. The molecule has 14 atom stereocenters. The van der Waals surface area contributed by atoms with E-state index in [0.717, 1.165) is 137 Å². The van der Waals surface area contributed by atoms with Crippen LogP contribution < -0.4 is 20.9 Å². The van der Waals surface area contributed by atoms with Gasteiger partial charge in [0.05, 0.1) is 16.8 Å². The summed E-state index contributed by atoms with van der Waals surface area (Å²) >= 11 is 0. The van der Waals surface area contributed by atoms with Crippen LogP contribution in [0.2, 0.25) is 0 Å². The lowest BCUT2D eigenvalue weighted by molar-refractivity contribution is -0.389. The highest BCUT2D eigenvalue weighted by molar-refractivity contribution is 5.57. The van der Waals surface area contributed by atoms with Crippen molar-refractivity contribution in [1.82, 2.24) is 0 Å². The van der Waals surface area contributed by atoms with Gasteiger partial charge in [0, 0.05) is 18.1 Å². The number of nitrogen functional groups attached to an aromatic ring is 2. The fraction of sp³-hybridized carbons (Fsp3) is 0.833. The van der Waals surface area contributed by atoms with Gasteiger partial charge in [-0.1, -0.05) is 0 Å². The number of hydrogen-bond acceptors (Lipinski definition) is 6. The molecule has 6 N–H and O–H groups in total. The van der Waals surface area contributed by atoms with Crippen molar-refractivity contribution in [1.29, 1.82) is 0 Å². The van der Waals surface area contributed by atoms with E-state index in [-0.39, 0.29) is 28.2 Å². The standard InChI is InChI=1S/C72H96N2O4/c73-58-23-56(1-3-60(58)75)77-72(78-57-2-4-61(76)59(74)24-57)55-21-49-12-50(22-55)37-71(72,36-49)70-34-47-11-48(35-70)20-54(19-47)65(70)69-32-45-10-46(33-69)18-53(17-45)64(69)68-30-43-9-44(31-68)16-52(15-43)63(68)67-28-41-8-42(29-67)14-51(13-41)62(67)66-25-38-5-39(26-66)7-40(6-38)27-66/h1-4,23-24,38-55,62-65,75-76H,5-22,25-37,73-74H2. The Morgan fingerprint density at radius 3 is 1.06 bits per heavy atom. The van der Waals surface area contributed by atoms with Crippen molar-refractivity contribution < 1.29 is 19.7 Å². The van der Waals surface area contributed by atoms with E-state index in [2.05, 4.69) is 0 Å². The lowest BCUT2D eigenvalue weighted by atomic mass is 9.22. The van der Waals surface area contributed by atoms with Gasteiger partial charge in [-0.05, 0) is 375 Å². The van der Waals surface area contributed by atoms with Crippen molar-refractivity contribution in [2.75, 3.05) is 11.5 Å². The minimum absolute atomic E-state index is 0.123. The molecule has 0 amide bonds. The van der Waals surface area contributed by atoms with Gasteiger partial charge in [-0.3, -0.25) is 0 Å². The number of phenols is 2. The molecule has 6 heteroatoms. The number of rotatable bonds is 9. The molecule has 2 aromatic carbocycles. The van der Waals surface area contributed by atoms with Crippen LogP contribution in [-0.2, 0) is 0 Å². The van der Waals surface area contributed by atoms with Crippen LogP contribution in [0.5, 0.6) is 23.0 Å². The van der Waals surface area contributed by atoms with E-state index in [9.17, 15) is 10.2 Å². The summed E-state index contributed by atoms with van der Waals surface area (Å²) in [6.45, 7) is 0. The predicted octanol–water partition coefficient (Wildman–Crippen LogP) is 16.2. The second-order valence-corrected chi connectivity index (χ2v) is 35.4. The summed E-state index contributed by atoms with van der Waals surface area (Å²) in [6.07, 6.45) is 47.1. The Hall–Kier alpha value is -2.76. The highest BCUT2D eigenvalue weighted by Crippen LogP contribution is 2.89. The van der Waals surface area contributed by atoms with Gasteiger partial charge in [0.2, 0.25) is 0 Å². The van der Waals surface area contributed by atoms with Crippen LogP contribution in [0.25, 0.3) is 0 Å². The molecule has 24 bridgehead atoms. The van der Waals surface area contributed by atoms with Gasteiger partial charge in [-0.2, -0.15) is 0 Å². The maximum atomic E-state index is 11.0. The minimum atomic E-state index is -0.914. The van der Waals surface area contributed by atoms with E-state index in [0.29, 0.717) is 44.9 Å². The SMILES string of the molecule is Nc1cc(OC2(Oc3ccc(O)c(N)c3)C3CC4CC(C3)CC2(C23CC5CC(CC(C5)C2C25CC6CC(CC(C6)C2C26CC7CC(CC(C7)C2C27CC8CC(CC(C8)C2C28CC9CC(CC(C9)C2)C8)C7)C6)C5)C3)C4)ccc1O. The predicted molar refractivity (Wildman–Crippen MR) is 304 cm³/mol. The molecule has 24 aliphatic rings. The monoisotopic (exact) mass is 1050 g/mol. The summed E-state index contributed by atoms with van der Waals surface area (Å²) < 4.78 is 16.3. The van der Waals surface area contributed by atoms with Gasteiger partial charge in [0.25, 0.3) is 5.79 Å². The fourth-order valence-corrected chi connectivity index (χ4v) is 33.8. The van der Waals surface area contributed by atoms with Gasteiger partial charge < -0.3 is 31.2 Å². The minimum Gasteiger partial charge on any atom is -0.506 e. The molecule has 0 saturated heterocycles. The first-order chi connectivity index (χ1) is 37.8. The lowest BCUT2D eigenvalue weighted by Gasteiger charge is -2.83. The molecule has 2 aromatic rings. The van der Waals surface area contributed by atoms with Gasteiger partial charge in [0.1, 0.15) is 23.0 Å². The second-order valence-electron chi connectivity index (χ2n) is 35.4. The Balaban J connectivity index is 0.801. The van der Waals surface area contributed by atoms with Crippen LogP contribution in [0.3, 0.4) is 0 Å². The molecule has 0 spiro atoms. The summed E-state index contributed by atoms with van der Waals surface area (Å²) in [5.74, 6) is 20.6. The number of aromatic hydroxyl groups is 2. The molecule has 24 saturated carbocycles. The summed E-state index contributed by atoms with van der Waals surface area (Å²) in [6, 6.07) is 11.4. The molecule has 0 aliphatic heterocycles. The number of ether oxygens (including phenoxy) is 2. The smallest absolute Gasteiger partial charge is 0.260 e. The third-order valence-electron chi connectivity index (χ3n) is 31.9. The number of anilines is 2. The number of benzene rings is 2. The van der Waals surface area contributed by atoms with E-state index in [4.69, 9.17) is 20.9 Å². The average molecular weight is 1050 g/mol. The van der Waals surface area contributed by atoms with E-state index >= 15 is 0 Å². The molecule has 26 rings (SSSR count). The van der Waals surface area contributed by atoms with Crippen LogP contribution in [-0.4, -0.2) is 16.0 Å². The van der Waals surface area contributed by atoms with Crippen molar-refractivity contribution in [2.45, 2.75) is 205 Å². The van der Waals surface area contributed by atoms with Gasteiger partial charge in [-0.25, -0.2) is 0 Å². The Bertz CT molecular complexity index is 2710. The van der Waals surface area contributed by atoms with Crippen LogP contribution in [0.15, 0.2) is 36.4 Å². The van der Waals surface area contributed by atoms with Crippen molar-refractivity contribution in [3.05, 3.63) is 36.4 Å². The molecule has 0 aromatic heterocycles. The molecule has 6 nitrogen and oxygen atoms in total. The molecule has 0 heterocycles. The zero-order chi connectivity index (χ0) is 51.2. The van der Waals surface area contributed by atoms with Gasteiger partial charge >= 0.3 is 0 Å². The van der Waals surface area contributed by atoms with Gasteiger partial charge in [0.15, 0.2) is 0 Å². The number of nitrogens with two attached hydrogens (primary N) is 2. The molecule has 24 fully saturated rings. The Kier molecular flexibility index (Phi) is 9.06. The second kappa shape index (κ2) is 15.1. The zero-order valence-electron chi connectivity index (χ0n) is 47.5. The Morgan fingerprint density at radius 1 is 0.346 bits per heavy atom. The topological polar surface area (TPSA) is 111 Å². The summed E-state index contributed by atoms with van der Waals surface area (Å²) in [5.41, 5.74) is 16.3. The molecular formula is C72H96N2O4. The molecule has 14 unspecified atom stereocenters. The highest BCUT2D eigenvalue weighted by Gasteiger charge is 2.84. The Morgan fingerprint density at radius 2 is 0.667 bits per heavy atom. The van der Waals surface area contributed by atoms with E-state index in [1.54, 1.807) is 141 Å². The summed E-state index contributed by atoms with van der Waals surface area (Å²) in [5, 5.41) is 21.9. The largest absolute Gasteiger partial charge is 0.506 e. The van der Waals surface area contributed by atoms with Crippen molar-refractivity contribution >= 4 is 11.4 Å². The maximum Gasteiger partial charge on any atom is 0.260 e. The third kappa shape index (κ3) is 5.73. The fourth-order valence-electron chi connectivity index (χ4n) is 33.8. The van der Waals surface area contributed by atoms with Crippen molar-refractivity contribution in [2.24, 2.45) is 163 Å². The van der Waals surface area contributed by atoms with E-state index < -0.39 is 5.79 Å². The first-order valence-corrected chi connectivity index (χ1v) is 34.3. The molecule has 0 radical (unpaired) electrons. The normalized spacial score (nSPS) is 58.3. The quantitative estimate of drug-likeness (QED) is 0.113. The first kappa shape index (κ1) is 46.7. The van der Waals surface area contributed by atoms with Crippen LogP contribution in [0, 0.1) is 163 Å². The lowest BCUT2D eigenvalue weighted by Crippen LogP contribution is -2.80. The molecule has 24 aliphatic carbocycles. The van der Waals surface area contributed by atoms with E-state index in [1.807, 2.05) is 24.3 Å². The highest BCUT2D eigenvalue weighted by atomic mass is 16.7. The third-order valence-corrected chi connectivity index (χ3v) is 31.9. The summed E-state index contributed by atoms with van der Waals surface area (Å²) in [4.78, 5) is 0. The molecule has 78 heavy (non-hydrogen) atoms. The number of hydrogen-bond donors (Lipinski definition) is 4. The zero-order valence-corrected chi connectivity index (χ0v) is 47.5. The Labute approximate surface area is 467 Å². The van der Waals surface area contributed by atoms with Crippen LogP contribution in [0.1, 0.15) is 199 Å². The van der Waals surface area contributed by atoms with Crippen molar-refractivity contribution in [3.8, 4) is 23.0 Å². The first-order valence-electron chi connectivity index (χ1n) is 34.3. The number of phenolic OH excluding ortho intramolecular Hbond substituents is 2. The van der Waals surface area contributed by atoms with Crippen LogP contribution >= 0.6 is 0 Å². The summed E-state index contributed by atoms with van der Waals surface area (Å²) in [7, 11) is 0. The molecule has 418 valence electrons. The van der Waals surface area contributed by atoms with Gasteiger partial charge in [-0.15, -0.1) is 0 Å². The molecular weight excluding hydrogens is 957 g/mol. The average Bonchev–Trinajstić information content (AvgIpc) is 0.949. The van der Waals surface area contributed by atoms with Crippen molar-refractivity contribution in [3.63, 3.8) is 0 Å². The van der Waals surface area contributed by atoms with E-state index in [1.165, 1.54) is 57.8 Å².